The van der Waals surface area contributed by atoms with Gasteiger partial charge in [0.15, 0.2) is 0 Å². The molecule has 0 saturated carbocycles. The Labute approximate surface area is 161 Å². The van der Waals surface area contributed by atoms with E-state index in [2.05, 4.69) is 6.92 Å². The van der Waals surface area contributed by atoms with E-state index in [1.807, 2.05) is 73.7 Å². The van der Waals surface area contributed by atoms with Crippen molar-refractivity contribution >= 4 is 0 Å². The van der Waals surface area contributed by atoms with Gasteiger partial charge in [0.05, 0.1) is 5.92 Å². The summed E-state index contributed by atoms with van der Waals surface area (Å²) in [5.74, 6) is -1.82. The summed E-state index contributed by atoms with van der Waals surface area (Å²) < 4.78 is 30.1. The Hall–Kier alpha value is -2.22. The first-order chi connectivity index (χ1) is 13.1. The first kappa shape index (κ1) is 19.5. The quantitative estimate of drug-likeness (QED) is 0.343. The van der Waals surface area contributed by atoms with Crippen LogP contribution in [0.15, 0.2) is 78.4 Å². The maximum absolute atomic E-state index is 15.1. The van der Waals surface area contributed by atoms with Gasteiger partial charge in [-0.2, -0.15) is 0 Å². The minimum absolute atomic E-state index is 0.569. The molecule has 1 aliphatic carbocycles. The van der Waals surface area contributed by atoms with E-state index >= 15 is 4.39 Å². The minimum atomic E-state index is -0.764. The van der Waals surface area contributed by atoms with Crippen LogP contribution in [0.4, 0.5) is 8.78 Å². The maximum Gasteiger partial charge on any atom is 0.143 e. The normalized spacial score (nSPS) is 22.3. The van der Waals surface area contributed by atoms with Crippen molar-refractivity contribution in [2.24, 2.45) is 5.41 Å². The second-order valence-electron chi connectivity index (χ2n) is 7.45. The standard InChI is InChI=1S/C25H28F2/c1-3-5-9-17-25(4-2)18-16-22(23(26)24(25)27)21-14-12-20(13-15-21)19-10-7-6-8-11-19/h6-8,10-16,18,22H,3-5,9,17H2,1-2H3. The molecule has 2 heteroatoms. The van der Waals surface area contributed by atoms with Crippen LogP contribution in [0, 0.1) is 5.41 Å². The highest BCUT2D eigenvalue weighted by Crippen LogP contribution is 2.48. The average Bonchev–Trinajstić information content (AvgIpc) is 2.72. The molecule has 3 rings (SSSR count). The van der Waals surface area contributed by atoms with Crippen molar-refractivity contribution in [1.29, 1.82) is 0 Å². The van der Waals surface area contributed by atoms with Crippen molar-refractivity contribution < 1.29 is 8.78 Å². The number of unbranched alkanes of at least 4 members (excludes halogenated alkanes) is 2. The lowest BCUT2D eigenvalue weighted by Gasteiger charge is -2.33. The Bertz CT molecular complexity index is 802. The molecule has 27 heavy (non-hydrogen) atoms. The molecule has 0 fully saturated rings. The fraction of sp³-hybridized carbons (Fsp3) is 0.360. The van der Waals surface area contributed by atoms with E-state index in [9.17, 15) is 4.39 Å². The fourth-order valence-electron chi connectivity index (χ4n) is 3.92. The molecule has 0 aliphatic heterocycles. The van der Waals surface area contributed by atoms with Crippen LogP contribution in [0.3, 0.4) is 0 Å². The van der Waals surface area contributed by atoms with E-state index < -0.39 is 23.0 Å². The van der Waals surface area contributed by atoms with Crippen molar-refractivity contribution in [3.05, 3.63) is 84.0 Å². The summed E-state index contributed by atoms with van der Waals surface area (Å²) >= 11 is 0. The number of hydrogen-bond acceptors (Lipinski definition) is 0. The summed E-state index contributed by atoms with van der Waals surface area (Å²) in [7, 11) is 0. The highest BCUT2D eigenvalue weighted by molar-refractivity contribution is 5.63. The Morgan fingerprint density at radius 1 is 0.852 bits per heavy atom. The fourth-order valence-corrected chi connectivity index (χ4v) is 3.92. The molecule has 0 N–H and O–H groups in total. The number of allylic oxidation sites excluding steroid dienone is 4. The number of halogens is 2. The smallest absolute Gasteiger partial charge is 0.143 e. The van der Waals surface area contributed by atoms with Crippen LogP contribution in [-0.4, -0.2) is 0 Å². The molecular formula is C25H28F2. The molecule has 1 aliphatic rings. The van der Waals surface area contributed by atoms with Crippen LogP contribution in [0.1, 0.15) is 57.4 Å². The molecular weight excluding hydrogens is 338 g/mol. The predicted octanol–water partition coefficient (Wildman–Crippen LogP) is 8.13. The molecule has 0 radical (unpaired) electrons. The van der Waals surface area contributed by atoms with Gasteiger partial charge in [-0.1, -0.05) is 99.9 Å². The largest absolute Gasteiger partial charge is 0.208 e. The molecule has 0 saturated heterocycles. The second-order valence-corrected chi connectivity index (χ2v) is 7.45. The number of rotatable bonds is 7. The molecule has 0 nitrogen and oxygen atoms in total. The average molecular weight is 366 g/mol. The van der Waals surface area contributed by atoms with Crippen LogP contribution >= 0.6 is 0 Å². The molecule has 0 amide bonds. The lowest BCUT2D eigenvalue weighted by Crippen LogP contribution is -2.23. The molecule has 142 valence electrons. The van der Waals surface area contributed by atoms with E-state index in [1.165, 1.54) is 0 Å². The molecule has 2 unspecified atom stereocenters. The van der Waals surface area contributed by atoms with Gasteiger partial charge < -0.3 is 0 Å². The van der Waals surface area contributed by atoms with Gasteiger partial charge in [0, 0.05) is 5.41 Å². The number of hydrogen-bond donors (Lipinski definition) is 0. The topological polar surface area (TPSA) is 0 Å². The van der Waals surface area contributed by atoms with Gasteiger partial charge in [-0.15, -0.1) is 0 Å². The van der Waals surface area contributed by atoms with Crippen LogP contribution < -0.4 is 0 Å². The van der Waals surface area contributed by atoms with Gasteiger partial charge >= 0.3 is 0 Å². The Morgan fingerprint density at radius 2 is 1.52 bits per heavy atom. The minimum Gasteiger partial charge on any atom is -0.208 e. The highest BCUT2D eigenvalue weighted by Gasteiger charge is 2.38. The summed E-state index contributed by atoms with van der Waals surface area (Å²) in [6, 6.07) is 17.8. The van der Waals surface area contributed by atoms with Gasteiger partial charge in [-0.05, 0) is 29.5 Å². The van der Waals surface area contributed by atoms with E-state index in [1.54, 1.807) is 0 Å². The number of benzene rings is 2. The van der Waals surface area contributed by atoms with Crippen molar-refractivity contribution in [1.82, 2.24) is 0 Å². The van der Waals surface area contributed by atoms with Crippen LogP contribution in [0.25, 0.3) is 11.1 Å². The highest BCUT2D eigenvalue weighted by atomic mass is 19.2. The summed E-state index contributed by atoms with van der Waals surface area (Å²) in [5.41, 5.74) is 2.22. The zero-order valence-corrected chi connectivity index (χ0v) is 16.2. The Balaban J connectivity index is 1.83. The predicted molar refractivity (Wildman–Crippen MR) is 110 cm³/mol. The van der Waals surface area contributed by atoms with Crippen LogP contribution in [-0.2, 0) is 0 Å². The summed E-state index contributed by atoms with van der Waals surface area (Å²) in [6.45, 7) is 4.06. The van der Waals surface area contributed by atoms with Crippen molar-refractivity contribution in [3.63, 3.8) is 0 Å². The maximum atomic E-state index is 15.1. The van der Waals surface area contributed by atoms with E-state index in [4.69, 9.17) is 0 Å². The Morgan fingerprint density at radius 3 is 2.15 bits per heavy atom. The molecule has 2 atom stereocenters. The third kappa shape index (κ3) is 4.05. The van der Waals surface area contributed by atoms with Gasteiger partial charge in [-0.25, -0.2) is 8.78 Å². The molecule has 0 spiro atoms. The lowest BCUT2D eigenvalue weighted by molar-refractivity contribution is 0.284. The summed E-state index contributed by atoms with van der Waals surface area (Å²) in [5, 5.41) is 0. The van der Waals surface area contributed by atoms with Gasteiger partial charge in [0.2, 0.25) is 0 Å². The van der Waals surface area contributed by atoms with Gasteiger partial charge in [-0.3, -0.25) is 0 Å². The van der Waals surface area contributed by atoms with Gasteiger partial charge in [0.1, 0.15) is 11.7 Å². The molecule has 0 bridgehead atoms. The summed E-state index contributed by atoms with van der Waals surface area (Å²) in [6.07, 6.45) is 8.08. The lowest BCUT2D eigenvalue weighted by atomic mass is 9.73. The third-order valence-electron chi connectivity index (χ3n) is 5.76. The SMILES string of the molecule is CCCCCC1(CC)C=CC(c2ccc(-c3ccccc3)cc2)C(F)=C1F. The molecule has 0 heterocycles. The second kappa shape index (κ2) is 8.65. The van der Waals surface area contributed by atoms with Crippen LogP contribution in [0.5, 0.6) is 0 Å². The Kier molecular flexibility index (Phi) is 6.26. The monoisotopic (exact) mass is 366 g/mol. The van der Waals surface area contributed by atoms with E-state index in [0.29, 0.717) is 12.8 Å². The van der Waals surface area contributed by atoms with Crippen molar-refractivity contribution in [2.75, 3.05) is 0 Å². The zero-order chi connectivity index (χ0) is 19.3. The summed E-state index contributed by atoms with van der Waals surface area (Å²) in [4.78, 5) is 0. The van der Waals surface area contributed by atoms with Crippen LogP contribution in [0.2, 0.25) is 0 Å². The van der Waals surface area contributed by atoms with Gasteiger partial charge in [0.25, 0.3) is 0 Å². The first-order valence-electron chi connectivity index (χ1n) is 10.0. The molecule has 0 aromatic heterocycles. The van der Waals surface area contributed by atoms with E-state index in [-0.39, 0.29) is 0 Å². The van der Waals surface area contributed by atoms with Crippen molar-refractivity contribution in [2.45, 2.75) is 51.9 Å². The van der Waals surface area contributed by atoms with E-state index in [0.717, 1.165) is 36.0 Å². The first-order valence-corrected chi connectivity index (χ1v) is 10.0. The molecule has 2 aromatic rings. The van der Waals surface area contributed by atoms with Crippen molar-refractivity contribution in [3.8, 4) is 11.1 Å². The zero-order valence-electron chi connectivity index (χ0n) is 16.2. The third-order valence-corrected chi connectivity index (χ3v) is 5.76. The molecule has 2 aromatic carbocycles.